The minimum absolute atomic E-state index is 0.192. The fourth-order valence-electron chi connectivity index (χ4n) is 3.83. The summed E-state index contributed by atoms with van der Waals surface area (Å²) in [7, 11) is 0. The minimum Gasteiger partial charge on any atom is -0.444 e. The van der Waals surface area contributed by atoms with E-state index in [1.54, 1.807) is 37.4 Å². The fourth-order valence-corrected chi connectivity index (χ4v) is 4.30. The fraction of sp³-hybridized carbons (Fsp3) is 0.679. The molecule has 1 aromatic rings. The molecule has 0 heterocycles. The topological polar surface area (TPSA) is 87.7 Å². The van der Waals surface area contributed by atoms with E-state index in [-0.39, 0.29) is 11.8 Å². The van der Waals surface area contributed by atoms with Crippen LogP contribution in [0.3, 0.4) is 0 Å². The number of alkyl carbamates (subject to hydrolysis) is 1. The number of benzene rings is 1. The van der Waals surface area contributed by atoms with Crippen LogP contribution in [0.25, 0.3) is 0 Å². The summed E-state index contributed by atoms with van der Waals surface area (Å²) in [6.07, 6.45) is 5.22. The highest BCUT2D eigenvalue weighted by atomic mass is 32.2. The first-order chi connectivity index (χ1) is 16.9. The number of carbonyl (C=O) groups excluding carboxylic acids is 3. The van der Waals surface area contributed by atoms with Crippen molar-refractivity contribution in [2.75, 3.05) is 25.1 Å². The van der Waals surface area contributed by atoms with Crippen molar-refractivity contribution in [1.82, 2.24) is 15.5 Å². The molecule has 2 N–H and O–H groups in total. The van der Waals surface area contributed by atoms with Gasteiger partial charge in [-0.2, -0.15) is 11.8 Å². The Morgan fingerprint density at radius 2 is 1.75 bits per heavy atom. The van der Waals surface area contributed by atoms with Crippen molar-refractivity contribution in [3.8, 4) is 0 Å². The van der Waals surface area contributed by atoms with E-state index in [0.29, 0.717) is 25.3 Å². The highest BCUT2D eigenvalue weighted by molar-refractivity contribution is 7.98. The lowest BCUT2D eigenvalue weighted by atomic mass is 9.95. The van der Waals surface area contributed by atoms with Crippen LogP contribution >= 0.6 is 11.8 Å². The second kappa shape index (κ2) is 15.8. The van der Waals surface area contributed by atoms with Crippen LogP contribution in [0.5, 0.6) is 0 Å². The Hall–Kier alpha value is -2.22. The van der Waals surface area contributed by atoms with Crippen LogP contribution in [0.1, 0.15) is 89.5 Å². The second-order valence-electron chi connectivity index (χ2n) is 10.3. The molecule has 0 aliphatic heterocycles. The van der Waals surface area contributed by atoms with Gasteiger partial charge in [0.2, 0.25) is 11.8 Å². The summed E-state index contributed by atoms with van der Waals surface area (Å²) in [4.78, 5) is 42.0. The van der Waals surface area contributed by atoms with Gasteiger partial charge in [0, 0.05) is 13.1 Å². The zero-order valence-electron chi connectivity index (χ0n) is 23.5. The number of aryl methyl sites for hydroxylation is 2. The quantitative estimate of drug-likeness (QED) is 0.314. The third-order valence-electron chi connectivity index (χ3n) is 5.75. The standard InChI is InChI=1S/C28H47N3O4S/c1-9-11-16-29-25(32)24(22-19-20(3)13-14-21(22)4)31(17-12-10-2)26(33)23(15-18-36-8)30-27(34)35-28(5,6)7/h13-14,19,23-24H,9-12,15-18H2,1-8H3,(H,29,32)(H,30,34). The van der Waals surface area contributed by atoms with Crippen molar-refractivity contribution in [2.45, 2.75) is 98.3 Å². The third-order valence-corrected chi connectivity index (χ3v) is 6.40. The van der Waals surface area contributed by atoms with Gasteiger partial charge >= 0.3 is 6.09 Å². The number of hydrogen-bond acceptors (Lipinski definition) is 5. The molecule has 3 amide bonds. The van der Waals surface area contributed by atoms with Crippen molar-refractivity contribution in [1.29, 1.82) is 0 Å². The molecule has 8 heteroatoms. The molecule has 36 heavy (non-hydrogen) atoms. The predicted molar refractivity (Wildman–Crippen MR) is 149 cm³/mol. The number of unbranched alkanes of at least 4 members (excludes halogenated alkanes) is 2. The van der Waals surface area contributed by atoms with Crippen LogP contribution in [0.4, 0.5) is 4.79 Å². The molecule has 0 aliphatic carbocycles. The lowest BCUT2D eigenvalue weighted by molar-refractivity contribution is -0.142. The number of nitrogens with one attached hydrogen (secondary N) is 2. The highest BCUT2D eigenvalue weighted by Crippen LogP contribution is 2.27. The minimum atomic E-state index is -0.791. The van der Waals surface area contributed by atoms with E-state index < -0.39 is 23.8 Å². The van der Waals surface area contributed by atoms with Crippen molar-refractivity contribution in [3.05, 3.63) is 34.9 Å². The molecule has 0 saturated carbocycles. The maximum Gasteiger partial charge on any atom is 0.408 e. The maximum absolute atomic E-state index is 14.1. The molecule has 2 atom stereocenters. The summed E-state index contributed by atoms with van der Waals surface area (Å²) in [5, 5.41) is 5.84. The zero-order chi connectivity index (χ0) is 27.3. The van der Waals surface area contributed by atoms with Gasteiger partial charge in [-0.05, 0) is 77.0 Å². The molecule has 0 saturated heterocycles. The van der Waals surface area contributed by atoms with Gasteiger partial charge < -0.3 is 20.3 Å². The van der Waals surface area contributed by atoms with Crippen LogP contribution in [-0.2, 0) is 14.3 Å². The normalized spacial score (nSPS) is 13.0. The van der Waals surface area contributed by atoms with Crippen molar-refractivity contribution < 1.29 is 19.1 Å². The second-order valence-corrected chi connectivity index (χ2v) is 11.3. The Morgan fingerprint density at radius 3 is 2.33 bits per heavy atom. The molecule has 0 radical (unpaired) electrons. The van der Waals surface area contributed by atoms with Crippen LogP contribution in [0.2, 0.25) is 0 Å². The predicted octanol–water partition coefficient (Wildman–Crippen LogP) is 5.54. The molecule has 2 unspecified atom stereocenters. The van der Waals surface area contributed by atoms with Crippen molar-refractivity contribution in [3.63, 3.8) is 0 Å². The first-order valence-corrected chi connectivity index (χ1v) is 14.5. The number of hydrogen-bond donors (Lipinski definition) is 2. The van der Waals surface area contributed by atoms with Gasteiger partial charge in [-0.1, -0.05) is 50.5 Å². The lowest BCUT2D eigenvalue weighted by Crippen LogP contribution is -2.53. The first-order valence-electron chi connectivity index (χ1n) is 13.1. The van der Waals surface area contributed by atoms with Crippen LogP contribution in [-0.4, -0.2) is 59.5 Å². The number of nitrogens with zero attached hydrogens (tertiary/aromatic N) is 1. The van der Waals surface area contributed by atoms with Crippen LogP contribution in [0, 0.1) is 13.8 Å². The van der Waals surface area contributed by atoms with Gasteiger partial charge in [0.05, 0.1) is 0 Å². The maximum atomic E-state index is 14.1. The Labute approximate surface area is 222 Å². The monoisotopic (exact) mass is 521 g/mol. The van der Waals surface area contributed by atoms with E-state index >= 15 is 0 Å². The first kappa shape index (κ1) is 31.8. The molecule has 7 nitrogen and oxygen atoms in total. The van der Waals surface area contributed by atoms with Gasteiger partial charge in [-0.3, -0.25) is 9.59 Å². The molecule has 1 aromatic carbocycles. The van der Waals surface area contributed by atoms with Gasteiger partial charge in [-0.15, -0.1) is 0 Å². The van der Waals surface area contributed by atoms with Crippen molar-refractivity contribution in [2.24, 2.45) is 0 Å². The smallest absolute Gasteiger partial charge is 0.408 e. The molecule has 204 valence electrons. The SMILES string of the molecule is CCCCNC(=O)C(c1cc(C)ccc1C)N(CCCC)C(=O)C(CCSC)NC(=O)OC(C)(C)C. The van der Waals surface area contributed by atoms with Gasteiger partial charge in [-0.25, -0.2) is 4.79 Å². The number of rotatable bonds is 14. The van der Waals surface area contributed by atoms with Crippen LogP contribution < -0.4 is 10.6 Å². The molecule has 0 spiro atoms. The molecule has 0 aromatic heterocycles. The highest BCUT2D eigenvalue weighted by Gasteiger charge is 2.36. The largest absolute Gasteiger partial charge is 0.444 e. The summed E-state index contributed by atoms with van der Waals surface area (Å²) >= 11 is 1.60. The van der Waals surface area contributed by atoms with E-state index in [1.165, 1.54) is 0 Å². The molecule has 0 fully saturated rings. The van der Waals surface area contributed by atoms with E-state index in [4.69, 9.17) is 4.74 Å². The molecule has 0 bridgehead atoms. The van der Waals surface area contributed by atoms with E-state index in [2.05, 4.69) is 24.5 Å². The summed E-state index contributed by atoms with van der Waals surface area (Å²) < 4.78 is 5.45. The molecular formula is C28H47N3O4S. The van der Waals surface area contributed by atoms with E-state index in [9.17, 15) is 14.4 Å². The number of carbonyl (C=O) groups is 3. The molecular weight excluding hydrogens is 474 g/mol. The van der Waals surface area contributed by atoms with E-state index in [0.717, 1.165) is 42.4 Å². The lowest BCUT2D eigenvalue weighted by Gasteiger charge is -2.35. The summed E-state index contributed by atoms with van der Waals surface area (Å²) in [6.45, 7) is 14.4. The third kappa shape index (κ3) is 10.8. The summed E-state index contributed by atoms with van der Waals surface area (Å²) in [6, 6.07) is 4.42. The number of thioether (sulfide) groups is 1. The molecule has 0 aliphatic rings. The zero-order valence-corrected chi connectivity index (χ0v) is 24.3. The average Bonchev–Trinajstić information content (AvgIpc) is 2.79. The van der Waals surface area contributed by atoms with Crippen LogP contribution in [0.15, 0.2) is 18.2 Å². The Kier molecular flexibility index (Phi) is 14.0. The van der Waals surface area contributed by atoms with Gasteiger partial charge in [0.15, 0.2) is 0 Å². The van der Waals surface area contributed by atoms with Gasteiger partial charge in [0.25, 0.3) is 0 Å². The Morgan fingerprint density at radius 1 is 1.08 bits per heavy atom. The number of ether oxygens (including phenoxy) is 1. The molecule has 1 rings (SSSR count). The summed E-state index contributed by atoms with van der Waals surface area (Å²) in [5.41, 5.74) is 2.11. The van der Waals surface area contributed by atoms with Gasteiger partial charge in [0.1, 0.15) is 17.7 Å². The summed E-state index contributed by atoms with van der Waals surface area (Å²) in [5.74, 6) is 0.229. The van der Waals surface area contributed by atoms with Crippen molar-refractivity contribution >= 4 is 29.7 Å². The van der Waals surface area contributed by atoms with E-state index in [1.807, 2.05) is 38.3 Å². The average molecular weight is 522 g/mol. The Balaban J connectivity index is 3.47. The number of amides is 3. The Bertz CT molecular complexity index is 854.